The van der Waals surface area contributed by atoms with Crippen molar-refractivity contribution in [2.75, 3.05) is 11.5 Å². The number of aryl methyl sites for hydroxylation is 1. The third kappa shape index (κ3) is 4.53. The van der Waals surface area contributed by atoms with Crippen molar-refractivity contribution < 1.29 is 9.50 Å². The number of hydrogen-bond acceptors (Lipinski definition) is 3. The molecule has 0 fully saturated rings. The molecule has 5 N–H and O–H groups in total. The number of benzene rings is 1. The summed E-state index contributed by atoms with van der Waals surface area (Å²) in [6.45, 7) is 11.4. The molecule has 0 aliphatic heterocycles. The normalized spacial score (nSPS) is 11.8. The molecule has 0 spiro atoms. The van der Waals surface area contributed by atoms with Crippen LogP contribution in [-0.2, 0) is 0 Å². The molecule has 0 unspecified atom stereocenters. The highest BCUT2D eigenvalue weighted by atomic mass is 19.1. The van der Waals surface area contributed by atoms with Crippen LogP contribution >= 0.6 is 0 Å². The van der Waals surface area contributed by atoms with E-state index in [9.17, 15) is 9.50 Å². The first-order valence-electron chi connectivity index (χ1n) is 5.90. The van der Waals surface area contributed by atoms with Gasteiger partial charge in [0.05, 0.1) is 17.0 Å². The van der Waals surface area contributed by atoms with E-state index in [1.54, 1.807) is 13.0 Å². The number of anilines is 2. The average Bonchev–Trinajstić information content (AvgIpc) is 2.19. The van der Waals surface area contributed by atoms with Crippen molar-refractivity contribution in [2.24, 2.45) is 5.41 Å². The smallest absolute Gasteiger partial charge is 0.169 e. The number of rotatable bonds is 0. The maximum absolute atomic E-state index is 12.7. The Morgan fingerprint density at radius 3 is 1.72 bits per heavy atom. The minimum absolute atomic E-state index is 0.00694. The summed E-state index contributed by atoms with van der Waals surface area (Å²) >= 11 is 0. The number of nitrogens with two attached hydrogens (primary N) is 2. The van der Waals surface area contributed by atoms with E-state index < -0.39 is 11.4 Å². The standard InChI is InChI=1S/C7H9FN2.C7H16O/c1-4-2-3-5(9)6(8)7(4)10;1-6(2,3)7(4,5)8/h2-3H,9-10H2,1H3;8H,1-5H3. The van der Waals surface area contributed by atoms with Gasteiger partial charge in [-0.1, -0.05) is 26.8 Å². The van der Waals surface area contributed by atoms with Gasteiger partial charge in [-0.3, -0.25) is 0 Å². The van der Waals surface area contributed by atoms with Crippen LogP contribution in [-0.4, -0.2) is 10.7 Å². The SMILES string of the molecule is CC(C)(C)C(C)(C)O.Cc1ccc(N)c(F)c1N. The Kier molecular flexibility index (Phi) is 5.17. The van der Waals surface area contributed by atoms with Crippen LogP contribution in [0.3, 0.4) is 0 Å². The second kappa shape index (κ2) is 5.57. The molecule has 0 heterocycles. The van der Waals surface area contributed by atoms with Gasteiger partial charge < -0.3 is 16.6 Å². The van der Waals surface area contributed by atoms with Crippen LogP contribution in [0.1, 0.15) is 40.2 Å². The minimum Gasteiger partial charge on any atom is -0.396 e. The van der Waals surface area contributed by atoms with Gasteiger partial charge in [-0.15, -0.1) is 0 Å². The molecule has 0 aromatic heterocycles. The lowest BCUT2D eigenvalue weighted by atomic mass is 9.79. The van der Waals surface area contributed by atoms with Gasteiger partial charge >= 0.3 is 0 Å². The van der Waals surface area contributed by atoms with E-state index in [1.807, 2.05) is 34.6 Å². The third-order valence-corrected chi connectivity index (χ3v) is 3.26. The van der Waals surface area contributed by atoms with Gasteiger partial charge in [-0.05, 0) is 37.8 Å². The molecule has 1 aromatic rings. The summed E-state index contributed by atoms with van der Waals surface area (Å²) in [7, 11) is 0. The van der Waals surface area contributed by atoms with Gasteiger partial charge in [0.25, 0.3) is 0 Å². The van der Waals surface area contributed by atoms with Crippen LogP contribution in [0.2, 0.25) is 0 Å². The number of hydrogen-bond donors (Lipinski definition) is 3. The topological polar surface area (TPSA) is 72.3 Å². The molecule has 0 atom stereocenters. The lowest BCUT2D eigenvalue weighted by molar-refractivity contribution is -0.0238. The van der Waals surface area contributed by atoms with Crippen LogP contribution in [0.4, 0.5) is 15.8 Å². The third-order valence-electron chi connectivity index (χ3n) is 3.26. The van der Waals surface area contributed by atoms with Gasteiger partial charge in [0.1, 0.15) is 0 Å². The molecule has 4 heteroatoms. The first-order valence-corrected chi connectivity index (χ1v) is 5.90. The zero-order valence-electron chi connectivity index (χ0n) is 12.1. The van der Waals surface area contributed by atoms with E-state index in [0.29, 0.717) is 5.56 Å². The molecule has 0 saturated carbocycles. The summed E-state index contributed by atoms with van der Waals surface area (Å²) in [4.78, 5) is 0. The Labute approximate surface area is 109 Å². The van der Waals surface area contributed by atoms with Crippen LogP contribution in [0.15, 0.2) is 12.1 Å². The molecule has 18 heavy (non-hydrogen) atoms. The van der Waals surface area contributed by atoms with Crippen molar-refractivity contribution in [1.82, 2.24) is 0 Å². The first kappa shape index (κ1) is 16.7. The molecule has 0 radical (unpaired) electrons. The molecule has 1 rings (SSSR count). The van der Waals surface area contributed by atoms with Gasteiger partial charge in [-0.2, -0.15) is 0 Å². The monoisotopic (exact) mass is 256 g/mol. The first-order chi connectivity index (χ1) is 7.88. The van der Waals surface area contributed by atoms with E-state index in [1.165, 1.54) is 6.07 Å². The lowest BCUT2D eigenvalue weighted by Crippen LogP contribution is -2.35. The molecule has 0 saturated heterocycles. The minimum atomic E-state index is -0.562. The Hall–Kier alpha value is -1.29. The van der Waals surface area contributed by atoms with Crippen molar-refractivity contribution in [2.45, 2.75) is 47.1 Å². The Bertz CT molecular complexity index is 364. The molecular formula is C14H25FN2O. The molecule has 0 aliphatic carbocycles. The number of nitrogen functional groups attached to an aromatic ring is 2. The van der Waals surface area contributed by atoms with Crippen molar-refractivity contribution in [3.05, 3.63) is 23.5 Å². The van der Waals surface area contributed by atoms with E-state index >= 15 is 0 Å². The molecule has 0 amide bonds. The second-order valence-corrected chi connectivity index (χ2v) is 6.01. The molecular weight excluding hydrogens is 231 g/mol. The predicted octanol–water partition coefficient (Wildman–Crippen LogP) is 3.10. The van der Waals surface area contributed by atoms with E-state index in [-0.39, 0.29) is 16.8 Å². The zero-order chi connectivity index (χ0) is 14.7. The fourth-order valence-corrected chi connectivity index (χ4v) is 0.706. The summed E-state index contributed by atoms with van der Waals surface area (Å²) in [5.74, 6) is -0.514. The molecule has 1 aromatic carbocycles. The van der Waals surface area contributed by atoms with Crippen molar-refractivity contribution >= 4 is 11.4 Å². The second-order valence-electron chi connectivity index (χ2n) is 6.01. The average molecular weight is 256 g/mol. The van der Waals surface area contributed by atoms with E-state index in [4.69, 9.17) is 11.5 Å². The Morgan fingerprint density at radius 1 is 1.06 bits per heavy atom. The fourth-order valence-electron chi connectivity index (χ4n) is 0.706. The quantitative estimate of drug-likeness (QED) is 0.624. The number of aliphatic hydroxyl groups is 1. The van der Waals surface area contributed by atoms with Gasteiger partial charge in [0.2, 0.25) is 0 Å². The molecule has 0 aliphatic rings. The van der Waals surface area contributed by atoms with Crippen molar-refractivity contribution in [3.8, 4) is 0 Å². The van der Waals surface area contributed by atoms with Crippen molar-refractivity contribution in [3.63, 3.8) is 0 Å². The predicted molar refractivity (Wildman–Crippen MR) is 75.7 cm³/mol. The molecule has 0 bridgehead atoms. The van der Waals surface area contributed by atoms with Gasteiger partial charge in [-0.25, -0.2) is 4.39 Å². The van der Waals surface area contributed by atoms with Crippen LogP contribution in [0.25, 0.3) is 0 Å². The summed E-state index contributed by atoms with van der Waals surface area (Å²) in [5, 5.41) is 9.35. The van der Waals surface area contributed by atoms with Crippen LogP contribution in [0.5, 0.6) is 0 Å². The number of halogens is 1. The highest BCUT2D eigenvalue weighted by Gasteiger charge is 2.29. The summed E-state index contributed by atoms with van der Waals surface area (Å²) in [5.41, 5.74) is 10.9. The maximum atomic E-state index is 12.7. The van der Waals surface area contributed by atoms with Crippen molar-refractivity contribution in [1.29, 1.82) is 0 Å². The molecule has 104 valence electrons. The molecule has 3 nitrogen and oxygen atoms in total. The highest BCUT2D eigenvalue weighted by molar-refractivity contribution is 5.57. The highest BCUT2D eigenvalue weighted by Crippen LogP contribution is 2.28. The fraction of sp³-hybridized carbons (Fsp3) is 0.571. The van der Waals surface area contributed by atoms with E-state index in [0.717, 1.165) is 0 Å². The summed E-state index contributed by atoms with van der Waals surface area (Å²) < 4.78 is 12.7. The van der Waals surface area contributed by atoms with E-state index in [2.05, 4.69) is 0 Å². The lowest BCUT2D eigenvalue weighted by Gasteiger charge is -2.33. The summed E-state index contributed by atoms with van der Waals surface area (Å²) in [6.07, 6.45) is 0. The Balaban J connectivity index is 0.000000331. The zero-order valence-corrected chi connectivity index (χ0v) is 12.1. The maximum Gasteiger partial charge on any atom is 0.169 e. The van der Waals surface area contributed by atoms with Crippen LogP contribution in [0, 0.1) is 18.2 Å². The van der Waals surface area contributed by atoms with Gasteiger partial charge in [0, 0.05) is 0 Å². The van der Waals surface area contributed by atoms with Crippen LogP contribution < -0.4 is 11.5 Å². The summed E-state index contributed by atoms with van der Waals surface area (Å²) in [6, 6.07) is 3.19. The Morgan fingerprint density at radius 2 is 1.44 bits per heavy atom. The van der Waals surface area contributed by atoms with Gasteiger partial charge in [0.15, 0.2) is 5.82 Å². The largest absolute Gasteiger partial charge is 0.396 e.